The zero-order chi connectivity index (χ0) is 17.7. The maximum Gasteiger partial charge on any atom is 0.276 e. The van der Waals surface area contributed by atoms with Crippen LogP contribution in [-0.4, -0.2) is 14.5 Å². The Bertz CT molecular complexity index is 1170. The van der Waals surface area contributed by atoms with E-state index in [0.717, 1.165) is 28.1 Å². The maximum absolute atomic E-state index is 11.6. The molecule has 4 aromatic rings. The third-order valence-corrected chi connectivity index (χ3v) is 4.74. The second-order valence-electron chi connectivity index (χ2n) is 6.20. The van der Waals surface area contributed by atoms with Crippen LogP contribution in [0.3, 0.4) is 0 Å². The fourth-order valence-corrected chi connectivity index (χ4v) is 3.61. The number of hydrogen-bond acceptors (Lipinski definition) is 4. The Hall–Kier alpha value is -3.67. The number of nitro groups is 1. The number of aromatic nitrogens is 2. The Balaban J connectivity index is 1.84. The minimum absolute atomic E-state index is 0.0908. The van der Waals surface area contributed by atoms with Crippen molar-refractivity contribution in [1.82, 2.24) is 9.55 Å². The summed E-state index contributed by atoms with van der Waals surface area (Å²) in [6.45, 7) is 0. The molecule has 5 rings (SSSR count). The molecular weight excluding hydrogens is 328 g/mol. The van der Waals surface area contributed by atoms with Gasteiger partial charge in [-0.3, -0.25) is 14.7 Å². The molecule has 0 fully saturated rings. The number of nitrogens with one attached hydrogen (secondary N) is 1. The first-order chi connectivity index (χ1) is 12.7. The highest BCUT2D eigenvalue weighted by Crippen LogP contribution is 2.42. The smallest absolute Gasteiger partial charge is 0.276 e. The number of benzene rings is 3. The average Bonchev–Trinajstić information content (AvgIpc) is 3.07. The highest BCUT2D eigenvalue weighted by Gasteiger charge is 2.31. The lowest BCUT2D eigenvalue weighted by atomic mass is 10.0. The standard InChI is InChI=1S/C20H14N4O2/c25-24(26)17-11-5-2-8-14(17)20-21-15-9-3-1-7-13(15)19-22-16-10-4-6-12-18(16)23(19)20/h1-12,20-21H/t20-/m0/s1. The number of fused-ring (bicyclic) bond motifs is 5. The van der Waals surface area contributed by atoms with Crippen molar-refractivity contribution in [3.8, 4) is 11.4 Å². The summed E-state index contributed by atoms with van der Waals surface area (Å²) in [5.41, 5.74) is 4.40. The van der Waals surface area contributed by atoms with Crippen molar-refractivity contribution in [2.45, 2.75) is 6.17 Å². The molecule has 2 heterocycles. The first-order valence-electron chi connectivity index (χ1n) is 8.30. The second kappa shape index (κ2) is 5.42. The van der Waals surface area contributed by atoms with Gasteiger partial charge < -0.3 is 5.32 Å². The lowest BCUT2D eigenvalue weighted by molar-refractivity contribution is -0.385. The van der Waals surface area contributed by atoms with Crippen molar-refractivity contribution in [2.24, 2.45) is 0 Å². The van der Waals surface area contributed by atoms with Crippen LogP contribution in [0.15, 0.2) is 72.8 Å². The quantitative estimate of drug-likeness (QED) is 0.427. The molecule has 0 saturated heterocycles. The van der Waals surface area contributed by atoms with Crippen molar-refractivity contribution >= 4 is 22.4 Å². The third kappa shape index (κ3) is 2.02. The number of hydrogen-bond donors (Lipinski definition) is 1. The SMILES string of the molecule is O=[N+]([O-])c1ccccc1[C@H]1Nc2ccccc2-c2nc3ccccc3n21. The summed E-state index contributed by atoms with van der Waals surface area (Å²) in [7, 11) is 0. The second-order valence-corrected chi connectivity index (χ2v) is 6.20. The summed E-state index contributed by atoms with van der Waals surface area (Å²) in [5, 5.41) is 15.0. The van der Waals surface area contributed by atoms with Crippen LogP contribution in [0.4, 0.5) is 11.4 Å². The van der Waals surface area contributed by atoms with Gasteiger partial charge in [0, 0.05) is 17.3 Å². The Morgan fingerprint density at radius 1 is 0.962 bits per heavy atom. The maximum atomic E-state index is 11.6. The molecule has 1 aliphatic rings. The fourth-order valence-electron chi connectivity index (χ4n) is 3.61. The van der Waals surface area contributed by atoms with Crippen molar-refractivity contribution in [3.05, 3.63) is 88.5 Å². The van der Waals surface area contributed by atoms with E-state index in [2.05, 4.69) is 5.32 Å². The van der Waals surface area contributed by atoms with E-state index in [9.17, 15) is 10.1 Å². The van der Waals surface area contributed by atoms with E-state index in [-0.39, 0.29) is 10.6 Å². The zero-order valence-electron chi connectivity index (χ0n) is 13.7. The molecule has 1 aliphatic heterocycles. The molecule has 0 saturated carbocycles. The van der Waals surface area contributed by atoms with Crippen molar-refractivity contribution in [1.29, 1.82) is 0 Å². The first kappa shape index (κ1) is 14.7. The van der Waals surface area contributed by atoms with Gasteiger partial charge in [0.1, 0.15) is 12.0 Å². The normalized spacial score (nSPS) is 15.2. The lowest BCUT2D eigenvalue weighted by Crippen LogP contribution is -2.25. The molecule has 1 N–H and O–H groups in total. The summed E-state index contributed by atoms with van der Waals surface area (Å²) >= 11 is 0. The summed E-state index contributed by atoms with van der Waals surface area (Å²) in [5.74, 6) is 0.809. The molecule has 3 aromatic carbocycles. The van der Waals surface area contributed by atoms with E-state index in [4.69, 9.17) is 4.98 Å². The summed E-state index contributed by atoms with van der Waals surface area (Å²) in [6, 6.07) is 22.6. The Kier molecular flexibility index (Phi) is 3.05. The zero-order valence-corrected chi connectivity index (χ0v) is 13.7. The summed E-state index contributed by atoms with van der Waals surface area (Å²) in [4.78, 5) is 16.0. The number of imidazole rings is 1. The predicted octanol–water partition coefficient (Wildman–Crippen LogP) is 4.58. The van der Waals surface area contributed by atoms with Gasteiger partial charge in [0.25, 0.3) is 5.69 Å². The topological polar surface area (TPSA) is 73.0 Å². The van der Waals surface area contributed by atoms with E-state index in [0.29, 0.717) is 5.56 Å². The van der Waals surface area contributed by atoms with Crippen LogP contribution >= 0.6 is 0 Å². The van der Waals surface area contributed by atoms with Gasteiger partial charge in [-0.1, -0.05) is 36.4 Å². The molecule has 126 valence electrons. The van der Waals surface area contributed by atoms with Gasteiger partial charge in [0.2, 0.25) is 0 Å². The molecule has 0 unspecified atom stereocenters. The van der Waals surface area contributed by atoms with Crippen LogP contribution < -0.4 is 5.32 Å². The average molecular weight is 342 g/mol. The van der Waals surface area contributed by atoms with Gasteiger partial charge in [0.15, 0.2) is 0 Å². The predicted molar refractivity (Wildman–Crippen MR) is 100 cm³/mol. The molecule has 1 atom stereocenters. The van der Waals surface area contributed by atoms with Crippen LogP contribution in [0.2, 0.25) is 0 Å². The van der Waals surface area contributed by atoms with E-state index in [1.54, 1.807) is 12.1 Å². The van der Waals surface area contributed by atoms with Gasteiger partial charge in [-0.05, 0) is 30.3 Å². The third-order valence-electron chi connectivity index (χ3n) is 4.74. The molecular formula is C20H14N4O2. The van der Waals surface area contributed by atoms with Crippen molar-refractivity contribution in [3.63, 3.8) is 0 Å². The lowest BCUT2D eigenvalue weighted by Gasteiger charge is -2.30. The highest BCUT2D eigenvalue weighted by atomic mass is 16.6. The first-order valence-corrected chi connectivity index (χ1v) is 8.30. The largest absolute Gasteiger partial charge is 0.360 e. The van der Waals surface area contributed by atoms with E-state index in [1.165, 1.54) is 6.07 Å². The molecule has 6 heteroatoms. The van der Waals surface area contributed by atoms with E-state index < -0.39 is 6.17 Å². The number of anilines is 1. The molecule has 0 spiro atoms. The van der Waals surface area contributed by atoms with Crippen molar-refractivity contribution < 1.29 is 4.92 Å². The van der Waals surface area contributed by atoms with Crippen LogP contribution in [0.5, 0.6) is 0 Å². The van der Waals surface area contributed by atoms with Gasteiger partial charge in [-0.25, -0.2) is 4.98 Å². The monoisotopic (exact) mass is 342 g/mol. The fraction of sp³-hybridized carbons (Fsp3) is 0.0500. The van der Waals surface area contributed by atoms with Crippen LogP contribution in [0.1, 0.15) is 11.7 Å². The molecule has 0 aliphatic carbocycles. The number of rotatable bonds is 2. The Labute approximate surface area is 148 Å². The van der Waals surface area contributed by atoms with Crippen LogP contribution in [0.25, 0.3) is 22.4 Å². The minimum Gasteiger partial charge on any atom is -0.360 e. The minimum atomic E-state index is -0.408. The molecule has 1 aromatic heterocycles. The molecule has 6 nitrogen and oxygen atoms in total. The van der Waals surface area contributed by atoms with E-state index >= 15 is 0 Å². The van der Waals surface area contributed by atoms with Gasteiger partial charge in [0.05, 0.1) is 21.5 Å². The number of nitro benzene ring substituents is 1. The Morgan fingerprint density at radius 2 is 1.69 bits per heavy atom. The Morgan fingerprint density at radius 3 is 2.58 bits per heavy atom. The molecule has 0 amide bonds. The summed E-state index contributed by atoms with van der Waals surface area (Å²) in [6.07, 6.45) is -0.408. The molecule has 0 radical (unpaired) electrons. The number of para-hydroxylation sites is 4. The van der Waals surface area contributed by atoms with Gasteiger partial charge >= 0.3 is 0 Å². The van der Waals surface area contributed by atoms with Crippen LogP contribution in [-0.2, 0) is 0 Å². The van der Waals surface area contributed by atoms with Crippen LogP contribution in [0, 0.1) is 10.1 Å². The molecule has 26 heavy (non-hydrogen) atoms. The summed E-state index contributed by atoms with van der Waals surface area (Å²) < 4.78 is 2.04. The van der Waals surface area contributed by atoms with Gasteiger partial charge in [-0.2, -0.15) is 0 Å². The van der Waals surface area contributed by atoms with Crippen molar-refractivity contribution in [2.75, 3.05) is 5.32 Å². The number of nitrogens with zero attached hydrogens (tertiary/aromatic N) is 3. The molecule has 0 bridgehead atoms. The van der Waals surface area contributed by atoms with E-state index in [1.807, 2.05) is 59.2 Å². The van der Waals surface area contributed by atoms with Gasteiger partial charge in [-0.15, -0.1) is 0 Å². The highest BCUT2D eigenvalue weighted by molar-refractivity contribution is 5.87.